The van der Waals surface area contributed by atoms with Crippen LogP contribution in [0.3, 0.4) is 0 Å². The molecule has 4 saturated carbocycles. The second-order valence-corrected chi connectivity index (χ2v) is 10.1. The van der Waals surface area contributed by atoms with Crippen LogP contribution in [0.15, 0.2) is 24.4 Å². The number of fused-ring (bicyclic) bond motifs is 1. The third-order valence-corrected chi connectivity index (χ3v) is 8.04. The number of rotatable bonds is 6. The summed E-state index contributed by atoms with van der Waals surface area (Å²) in [6.45, 7) is 2.85. The number of H-pyrrole nitrogens is 1. The van der Waals surface area contributed by atoms with Crippen LogP contribution < -0.4 is 10.1 Å². The lowest BCUT2D eigenvalue weighted by Crippen LogP contribution is -2.63. The van der Waals surface area contributed by atoms with Crippen molar-refractivity contribution in [3.8, 4) is 5.75 Å². The number of hydrogen-bond donors (Lipinski definition) is 3. The molecule has 3 N–H and O–H groups in total. The van der Waals surface area contributed by atoms with E-state index < -0.39 is 5.60 Å². The summed E-state index contributed by atoms with van der Waals surface area (Å²) in [5.41, 5.74) is 1.45. The smallest absolute Gasteiger partial charge is 0.226 e. The van der Waals surface area contributed by atoms with Crippen molar-refractivity contribution in [2.24, 2.45) is 16.7 Å². The van der Waals surface area contributed by atoms with Crippen molar-refractivity contribution >= 4 is 16.8 Å². The number of aromatic amines is 1. The number of carbonyl (C=O) groups excluding carboxylic acids is 1. The normalized spacial score (nSPS) is 35.2. The average molecular weight is 397 g/mol. The second-order valence-electron chi connectivity index (χ2n) is 10.1. The van der Waals surface area contributed by atoms with Crippen LogP contribution in [0.5, 0.6) is 5.75 Å². The van der Waals surface area contributed by atoms with Gasteiger partial charge in [0.15, 0.2) is 0 Å². The highest BCUT2D eigenvalue weighted by Gasteiger charge is 2.64. The third kappa shape index (κ3) is 3.05. The van der Waals surface area contributed by atoms with Gasteiger partial charge in [0.05, 0.1) is 18.1 Å². The Morgan fingerprint density at radius 3 is 2.90 bits per heavy atom. The lowest BCUT2D eigenvalue weighted by Gasteiger charge is -2.64. The van der Waals surface area contributed by atoms with E-state index in [0.29, 0.717) is 18.9 Å². The highest BCUT2D eigenvalue weighted by molar-refractivity contribution is 5.85. The van der Waals surface area contributed by atoms with Gasteiger partial charge < -0.3 is 20.1 Å². The molecule has 4 fully saturated rings. The Labute approximate surface area is 172 Å². The third-order valence-electron chi connectivity index (χ3n) is 8.04. The molecular weight excluding hydrogens is 364 g/mol. The Morgan fingerprint density at radius 2 is 2.14 bits per heavy atom. The van der Waals surface area contributed by atoms with Crippen LogP contribution in [0, 0.1) is 16.7 Å². The van der Waals surface area contributed by atoms with Crippen molar-refractivity contribution in [3.05, 3.63) is 30.0 Å². The molecule has 1 aromatic carbocycles. The summed E-state index contributed by atoms with van der Waals surface area (Å²) in [6, 6.07) is 6.02. The summed E-state index contributed by atoms with van der Waals surface area (Å²) in [5.74, 6) is 1.51. The molecule has 1 amide bonds. The predicted octanol–water partition coefficient (Wildman–Crippen LogP) is 3.95. The van der Waals surface area contributed by atoms with Gasteiger partial charge in [-0.2, -0.15) is 0 Å². The van der Waals surface area contributed by atoms with E-state index in [1.54, 1.807) is 7.11 Å². The lowest BCUT2D eigenvalue weighted by molar-refractivity contribution is -0.204. The number of hydrogen-bond acceptors (Lipinski definition) is 3. The van der Waals surface area contributed by atoms with E-state index >= 15 is 0 Å². The van der Waals surface area contributed by atoms with Gasteiger partial charge in [0.1, 0.15) is 5.75 Å². The quantitative estimate of drug-likeness (QED) is 0.692. The SMILES string of the molecule is CCC12CC3CC(O)(C1)CC(C(=O)NCCc1c[nH]c4ccc(OC)cc14)(C3)C2. The predicted molar refractivity (Wildman–Crippen MR) is 113 cm³/mol. The standard InChI is InChI=1S/C24H32N2O3/c1-3-22-9-16-10-23(13-22,15-24(28,11-16)14-22)21(27)25-7-6-17-12-26-20-5-4-18(29-2)8-19(17)20/h4-5,8,12,16,26,28H,3,6-7,9-11,13-15H2,1-2H3,(H,25,27). The molecule has 0 aliphatic heterocycles. The molecule has 4 bridgehead atoms. The Bertz CT molecular complexity index is 953. The molecule has 4 unspecified atom stereocenters. The van der Waals surface area contributed by atoms with E-state index in [-0.39, 0.29) is 16.7 Å². The molecule has 0 saturated heterocycles. The molecule has 5 nitrogen and oxygen atoms in total. The van der Waals surface area contributed by atoms with Crippen molar-refractivity contribution in [1.29, 1.82) is 0 Å². The van der Waals surface area contributed by atoms with Crippen molar-refractivity contribution in [1.82, 2.24) is 10.3 Å². The lowest BCUT2D eigenvalue weighted by atomic mass is 9.42. The van der Waals surface area contributed by atoms with E-state index in [4.69, 9.17) is 4.74 Å². The van der Waals surface area contributed by atoms with Crippen LogP contribution in [-0.4, -0.2) is 35.3 Å². The summed E-state index contributed by atoms with van der Waals surface area (Å²) in [4.78, 5) is 16.6. The first-order chi connectivity index (χ1) is 13.9. The van der Waals surface area contributed by atoms with Gasteiger partial charge >= 0.3 is 0 Å². The fraction of sp³-hybridized carbons (Fsp3) is 0.625. The molecule has 156 valence electrons. The van der Waals surface area contributed by atoms with Crippen molar-refractivity contribution in [3.63, 3.8) is 0 Å². The number of carbonyl (C=O) groups is 1. The summed E-state index contributed by atoms with van der Waals surface area (Å²) in [6.07, 6.45) is 9.39. The maximum Gasteiger partial charge on any atom is 0.226 e. The zero-order chi connectivity index (χ0) is 20.3. The van der Waals surface area contributed by atoms with Crippen molar-refractivity contribution < 1.29 is 14.6 Å². The van der Waals surface area contributed by atoms with Crippen LogP contribution >= 0.6 is 0 Å². The zero-order valence-corrected chi connectivity index (χ0v) is 17.5. The van der Waals surface area contributed by atoms with Crippen molar-refractivity contribution in [2.75, 3.05) is 13.7 Å². The Morgan fingerprint density at radius 1 is 1.28 bits per heavy atom. The number of ether oxygens (including phenoxy) is 1. The summed E-state index contributed by atoms with van der Waals surface area (Å²) < 4.78 is 5.35. The molecule has 6 rings (SSSR count). The van der Waals surface area contributed by atoms with Gasteiger partial charge in [0.2, 0.25) is 5.91 Å². The Hall–Kier alpha value is -2.01. The van der Waals surface area contributed by atoms with Crippen LogP contribution in [0.4, 0.5) is 0 Å². The molecule has 4 aliphatic rings. The van der Waals surface area contributed by atoms with E-state index in [0.717, 1.165) is 55.2 Å². The minimum Gasteiger partial charge on any atom is -0.497 e. The van der Waals surface area contributed by atoms with Gasteiger partial charge in [0, 0.05) is 23.6 Å². The Kier molecular flexibility index (Phi) is 4.25. The van der Waals surface area contributed by atoms with Gasteiger partial charge in [0.25, 0.3) is 0 Å². The minimum atomic E-state index is -0.625. The average Bonchev–Trinajstić information content (AvgIpc) is 3.08. The molecular formula is C24H32N2O3. The van der Waals surface area contributed by atoms with Gasteiger partial charge in [-0.1, -0.05) is 13.3 Å². The minimum absolute atomic E-state index is 0.162. The largest absolute Gasteiger partial charge is 0.497 e. The molecule has 5 heteroatoms. The van der Waals surface area contributed by atoms with Crippen LogP contribution in [0.25, 0.3) is 10.9 Å². The maximum atomic E-state index is 13.3. The topological polar surface area (TPSA) is 74.4 Å². The first kappa shape index (κ1) is 19.0. The number of nitrogens with one attached hydrogen (secondary N) is 2. The zero-order valence-electron chi connectivity index (χ0n) is 17.5. The molecule has 2 aromatic rings. The highest BCUT2D eigenvalue weighted by Crippen LogP contribution is 2.67. The van der Waals surface area contributed by atoms with Crippen LogP contribution in [-0.2, 0) is 11.2 Å². The number of aliphatic hydroxyl groups is 1. The first-order valence-electron chi connectivity index (χ1n) is 11.0. The number of methoxy groups -OCH3 is 1. The number of aromatic nitrogens is 1. The van der Waals surface area contributed by atoms with E-state index in [1.807, 2.05) is 24.4 Å². The van der Waals surface area contributed by atoms with Gasteiger partial charge in [-0.25, -0.2) is 0 Å². The fourth-order valence-electron chi connectivity index (χ4n) is 7.22. The van der Waals surface area contributed by atoms with E-state index in [2.05, 4.69) is 17.2 Å². The molecule has 1 aromatic heterocycles. The molecule has 4 atom stereocenters. The Balaban J connectivity index is 1.29. The number of amides is 1. The molecule has 1 heterocycles. The van der Waals surface area contributed by atoms with Crippen LogP contribution in [0.1, 0.15) is 57.4 Å². The molecule has 4 aliphatic carbocycles. The molecule has 0 spiro atoms. The highest BCUT2D eigenvalue weighted by atomic mass is 16.5. The van der Waals surface area contributed by atoms with Crippen LogP contribution in [0.2, 0.25) is 0 Å². The molecule has 0 radical (unpaired) electrons. The van der Waals surface area contributed by atoms with Gasteiger partial charge in [-0.3, -0.25) is 4.79 Å². The maximum absolute atomic E-state index is 13.3. The summed E-state index contributed by atoms with van der Waals surface area (Å²) in [5, 5.41) is 15.5. The summed E-state index contributed by atoms with van der Waals surface area (Å²) in [7, 11) is 1.68. The van der Waals surface area contributed by atoms with E-state index in [9.17, 15) is 9.90 Å². The van der Waals surface area contributed by atoms with Crippen molar-refractivity contribution in [2.45, 2.75) is 63.9 Å². The number of benzene rings is 1. The monoisotopic (exact) mass is 396 g/mol. The van der Waals surface area contributed by atoms with Gasteiger partial charge in [-0.15, -0.1) is 0 Å². The first-order valence-corrected chi connectivity index (χ1v) is 11.0. The second kappa shape index (κ2) is 6.49. The van der Waals surface area contributed by atoms with Gasteiger partial charge in [-0.05, 0) is 80.0 Å². The van der Waals surface area contributed by atoms with E-state index in [1.165, 1.54) is 12.0 Å². The molecule has 29 heavy (non-hydrogen) atoms. The fourth-order valence-corrected chi connectivity index (χ4v) is 7.22. The summed E-state index contributed by atoms with van der Waals surface area (Å²) >= 11 is 0.